The Morgan fingerprint density at radius 1 is 1.04 bits per heavy atom. The van der Waals surface area contributed by atoms with Gasteiger partial charge in [-0.2, -0.15) is 4.39 Å². The first kappa shape index (κ1) is 20.4. The Morgan fingerprint density at radius 3 is 2.44 bits per heavy atom. The molecule has 2 aliphatic rings. The van der Waals surface area contributed by atoms with Crippen molar-refractivity contribution in [2.24, 2.45) is 11.8 Å². The predicted octanol–water partition coefficient (Wildman–Crippen LogP) is 6.80. The third-order valence-corrected chi connectivity index (χ3v) is 6.34. The molecule has 6 heteroatoms. The Labute approximate surface area is 157 Å². The summed E-state index contributed by atoms with van der Waals surface area (Å²) in [7, 11) is 0. The quantitative estimate of drug-likeness (QED) is 0.502. The topological polar surface area (TPSA) is 9.23 Å². The van der Waals surface area contributed by atoms with Gasteiger partial charge >= 0.3 is 0 Å². The SMILES string of the molecule is CCCC1CC2CCC(c3ccc(OCC)c(F)c3F)CC(F)(F)C2(F)C1. The smallest absolute Gasteiger partial charge is 0.282 e. The molecular formula is C21H27F5O. The summed E-state index contributed by atoms with van der Waals surface area (Å²) in [6, 6.07) is 2.57. The van der Waals surface area contributed by atoms with Gasteiger partial charge in [0, 0.05) is 6.42 Å². The molecule has 1 nitrogen and oxygen atoms in total. The molecular weight excluding hydrogens is 363 g/mol. The van der Waals surface area contributed by atoms with Crippen LogP contribution in [0.25, 0.3) is 0 Å². The number of benzene rings is 1. The Morgan fingerprint density at radius 2 is 1.78 bits per heavy atom. The molecule has 2 saturated carbocycles. The Hall–Kier alpha value is -1.33. The molecule has 0 saturated heterocycles. The van der Waals surface area contributed by atoms with Crippen LogP contribution >= 0.6 is 0 Å². The standard InChI is InChI=1S/C21H27F5O/c1-3-5-13-10-15-7-6-14(12-21(25,26)20(15,24)11-13)16-8-9-17(27-4-2)19(23)18(16)22/h8-9,13-15H,3-7,10-12H2,1-2H3. The van der Waals surface area contributed by atoms with E-state index in [1.54, 1.807) is 6.92 Å². The summed E-state index contributed by atoms with van der Waals surface area (Å²) < 4.78 is 79.1. The highest BCUT2D eigenvalue weighted by Gasteiger charge is 2.64. The van der Waals surface area contributed by atoms with E-state index in [9.17, 15) is 17.6 Å². The zero-order valence-electron chi connectivity index (χ0n) is 15.8. The van der Waals surface area contributed by atoms with Crippen LogP contribution in [0.5, 0.6) is 5.75 Å². The summed E-state index contributed by atoms with van der Waals surface area (Å²) in [5, 5.41) is 0. The van der Waals surface area contributed by atoms with Crippen LogP contribution < -0.4 is 4.74 Å². The van der Waals surface area contributed by atoms with Gasteiger partial charge in [-0.1, -0.05) is 25.8 Å². The third-order valence-electron chi connectivity index (χ3n) is 6.34. The van der Waals surface area contributed by atoms with Gasteiger partial charge in [-0.15, -0.1) is 0 Å². The minimum atomic E-state index is -3.55. The van der Waals surface area contributed by atoms with E-state index in [1.165, 1.54) is 12.1 Å². The maximum atomic E-state index is 15.5. The molecule has 0 radical (unpaired) electrons. The molecule has 0 amide bonds. The molecule has 0 spiro atoms. The molecule has 152 valence electrons. The van der Waals surface area contributed by atoms with E-state index in [-0.39, 0.29) is 43.1 Å². The van der Waals surface area contributed by atoms with Crippen molar-refractivity contribution in [2.75, 3.05) is 6.61 Å². The van der Waals surface area contributed by atoms with Gasteiger partial charge in [0.2, 0.25) is 5.82 Å². The van der Waals surface area contributed by atoms with Gasteiger partial charge in [-0.3, -0.25) is 0 Å². The second-order valence-electron chi connectivity index (χ2n) is 8.05. The first-order chi connectivity index (χ1) is 12.7. The lowest BCUT2D eigenvalue weighted by Crippen LogP contribution is -2.46. The van der Waals surface area contributed by atoms with Crippen LogP contribution in [0.2, 0.25) is 0 Å². The zero-order valence-corrected chi connectivity index (χ0v) is 15.8. The molecule has 0 heterocycles. The van der Waals surface area contributed by atoms with Crippen molar-refractivity contribution in [3.05, 3.63) is 29.3 Å². The largest absolute Gasteiger partial charge is 0.491 e. The van der Waals surface area contributed by atoms with E-state index in [0.717, 1.165) is 12.8 Å². The number of fused-ring (bicyclic) bond motifs is 1. The summed E-state index contributed by atoms with van der Waals surface area (Å²) in [4.78, 5) is 0. The number of hydrogen-bond acceptors (Lipinski definition) is 1. The fourth-order valence-corrected chi connectivity index (χ4v) is 5.06. The van der Waals surface area contributed by atoms with Crippen molar-refractivity contribution < 1.29 is 26.7 Å². The van der Waals surface area contributed by atoms with Crippen LogP contribution in [-0.4, -0.2) is 18.2 Å². The molecule has 0 bridgehead atoms. The van der Waals surface area contributed by atoms with Crippen molar-refractivity contribution in [2.45, 2.75) is 76.3 Å². The second-order valence-corrected chi connectivity index (χ2v) is 8.05. The van der Waals surface area contributed by atoms with E-state index in [4.69, 9.17) is 4.74 Å². The number of alkyl halides is 3. The normalized spacial score (nSPS) is 32.8. The first-order valence-corrected chi connectivity index (χ1v) is 9.90. The average Bonchev–Trinajstić information content (AvgIpc) is 2.90. The molecule has 2 aliphatic carbocycles. The van der Waals surface area contributed by atoms with E-state index in [1.807, 2.05) is 6.92 Å². The second kappa shape index (κ2) is 7.59. The predicted molar refractivity (Wildman–Crippen MR) is 94.0 cm³/mol. The molecule has 1 aromatic rings. The van der Waals surface area contributed by atoms with E-state index < -0.39 is 41.5 Å². The summed E-state index contributed by atoms with van der Waals surface area (Å²) in [5.41, 5.74) is -2.65. The van der Waals surface area contributed by atoms with Crippen molar-refractivity contribution in [1.82, 2.24) is 0 Å². The summed E-state index contributed by atoms with van der Waals surface area (Å²) in [5.74, 6) is -7.76. The molecule has 27 heavy (non-hydrogen) atoms. The minimum Gasteiger partial charge on any atom is -0.491 e. The summed E-state index contributed by atoms with van der Waals surface area (Å²) >= 11 is 0. The van der Waals surface area contributed by atoms with Crippen molar-refractivity contribution in [3.8, 4) is 5.75 Å². The number of ether oxygens (including phenoxy) is 1. The van der Waals surface area contributed by atoms with Crippen molar-refractivity contribution in [1.29, 1.82) is 0 Å². The maximum absolute atomic E-state index is 15.5. The fraction of sp³-hybridized carbons (Fsp3) is 0.714. The van der Waals surface area contributed by atoms with Crippen LogP contribution in [0, 0.1) is 23.5 Å². The van der Waals surface area contributed by atoms with Gasteiger partial charge in [-0.25, -0.2) is 17.6 Å². The average molecular weight is 390 g/mol. The lowest BCUT2D eigenvalue weighted by Gasteiger charge is -2.33. The maximum Gasteiger partial charge on any atom is 0.282 e. The highest BCUT2D eigenvalue weighted by Crippen LogP contribution is 2.59. The number of rotatable bonds is 5. The molecule has 2 fully saturated rings. The van der Waals surface area contributed by atoms with Gasteiger partial charge in [-0.05, 0) is 62.0 Å². The van der Waals surface area contributed by atoms with Crippen LogP contribution in [0.1, 0.15) is 70.3 Å². The molecule has 0 N–H and O–H groups in total. The van der Waals surface area contributed by atoms with E-state index in [2.05, 4.69) is 0 Å². The fourth-order valence-electron chi connectivity index (χ4n) is 5.06. The van der Waals surface area contributed by atoms with Crippen LogP contribution in [0.15, 0.2) is 12.1 Å². The molecule has 3 rings (SSSR count). The summed E-state index contributed by atoms with van der Waals surface area (Å²) in [6.07, 6.45) is 1.63. The molecule has 0 aromatic heterocycles. The van der Waals surface area contributed by atoms with Crippen molar-refractivity contribution in [3.63, 3.8) is 0 Å². The highest BCUT2D eigenvalue weighted by atomic mass is 19.3. The number of halogens is 5. The van der Waals surface area contributed by atoms with Gasteiger partial charge in [0.05, 0.1) is 6.61 Å². The Kier molecular flexibility index (Phi) is 5.74. The Balaban J connectivity index is 1.87. The third kappa shape index (κ3) is 3.56. The Bertz CT molecular complexity index is 677. The van der Waals surface area contributed by atoms with Crippen LogP contribution in [-0.2, 0) is 0 Å². The minimum absolute atomic E-state index is 0.0212. The molecule has 4 atom stereocenters. The highest BCUT2D eigenvalue weighted by molar-refractivity contribution is 5.34. The van der Waals surface area contributed by atoms with Gasteiger partial charge < -0.3 is 4.74 Å². The monoisotopic (exact) mass is 390 g/mol. The van der Waals surface area contributed by atoms with Gasteiger partial charge in [0.15, 0.2) is 17.2 Å². The van der Waals surface area contributed by atoms with Gasteiger partial charge in [0.25, 0.3) is 5.92 Å². The van der Waals surface area contributed by atoms with E-state index in [0.29, 0.717) is 6.42 Å². The lowest BCUT2D eigenvalue weighted by atomic mass is 9.84. The van der Waals surface area contributed by atoms with Gasteiger partial charge in [0.1, 0.15) is 0 Å². The zero-order chi connectivity index (χ0) is 19.8. The first-order valence-electron chi connectivity index (χ1n) is 9.90. The van der Waals surface area contributed by atoms with Crippen LogP contribution in [0.4, 0.5) is 22.0 Å². The summed E-state index contributed by atoms with van der Waals surface area (Å²) in [6.45, 7) is 3.78. The van der Waals surface area contributed by atoms with E-state index >= 15 is 4.39 Å². The molecule has 4 unspecified atom stereocenters. The number of hydrogen-bond donors (Lipinski definition) is 0. The van der Waals surface area contributed by atoms with Crippen molar-refractivity contribution >= 4 is 0 Å². The van der Waals surface area contributed by atoms with Crippen LogP contribution in [0.3, 0.4) is 0 Å². The lowest BCUT2D eigenvalue weighted by molar-refractivity contribution is -0.157. The molecule has 1 aromatic carbocycles. The molecule has 0 aliphatic heterocycles.